The molecule has 0 aromatic rings. The number of nitrogens with two attached hydrogens (primary N) is 1. The summed E-state index contributed by atoms with van der Waals surface area (Å²) < 4.78 is 0. The quantitative estimate of drug-likeness (QED) is 0.832. The summed E-state index contributed by atoms with van der Waals surface area (Å²) in [5.41, 5.74) is 4.97. The number of nitrogens with zero attached hydrogens (tertiary/aromatic N) is 1. The molecule has 5 nitrogen and oxygen atoms in total. The van der Waals surface area contributed by atoms with Gasteiger partial charge in [-0.25, -0.2) is 0 Å². The largest absolute Gasteiger partial charge is 0.481 e. The minimum absolute atomic E-state index is 0.0395. The third-order valence-corrected chi connectivity index (χ3v) is 5.36. The van der Waals surface area contributed by atoms with Gasteiger partial charge in [0.05, 0.1) is 11.0 Å². The average molecular weight is 296 g/mol. The molecule has 5 heteroatoms. The number of hydrogen-bond acceptors (Lipinski definition) is 3. The van der Waals surface area contributed by atoms with Gasteiger partial charge in [-0.2, -0.15) is 0 Å². The highest BCUT2D eigenvalue weighted by Crippen LogP contribution is 2.38. The van der Waals surface area contributed by atoms with Crippen LogP contribution in [0, 0.1) is 5.41 Å². The Morgan fingerprint density at radius 2 is 1.67 bits per heavy atom. The Kier molecular flexibility index (Phi) is 4.91. The molecule has 2 rings (SSSR count). The zero-order valence-corrected chi connectivity index (χ0v) is 13.1. The van der Waals surface area contributed by atoms with Crippen molar-refractivity contribution in [1.29, 1.82) is 0 Å². The average Bonchev–Trinajstić information content (AvgIpc) is 2.48. The fourth-order valence-corrected chi connectivity index (χ4v) is 3.90. The van der Waals surface area contributed by atoms with Gasteiger partial charge in [-0.3, -0.25) is 9.59 Å². The van der Waals surface area contributed by atoms with Crippen molar-refractivity contribution in [3.8, 4) is 0 Å². The van der Waals surface area contributed by atoms with Crippen LogP contribution in [0.3, 0.4) is 0 Å². The lowest BCUT2D eigenvalue weighted by atomic mass is 9.74. The Bertz CT molecular complexity index is 394. The SMILES string of the molecule is CCCC1(C(=O)O)CCN(C(=O)C2(N)CCCCC2)CC1. The number of likely N-dealkylation sites (tertiary alicyclic amines) is 1. The van der Waals surface area contributed by atoms with Crippen LogP contribution in [0.5, 0.6) is 0 Å². The van der Waals surface area contributed by atoms with E-state index in [1.165, 1.54) is 0 Å². The van der Waals surface area contributed by atoms with Gasteiger partial charge in [-0.15, -0.1) is 0 Å². The van der Waals surface area contributed by atoms with Crippen molar-refractivity contribution in [1.82, 2.24) is 4.90 Å². The van der Waals surface area contributed by atoms with Gasteiger partial charge in [0.15, 0.2) is 0 Å². The first kappa shape index (κ1) is 16.3. The van der Waals surface area contributed by atoms with Crippen LogP contribution in [-0.2, 0) is 9.59 Å². The van der Waals surface area contributed by atoms with E-state index in [0.717, 1.165) is 38.5 Å². The molecular weight excluding hydrogens is 268 g/mol. The highest BCUT2D eigenvalue weighted by Gasteiger charge is 2.45. The van der Waals surface area contributed by atoms with Gasteiger partial charge in [-0.05, 0) is 32.1 Å². The maximum atomic E-state index is 12.7. The van der Waals surface area contributed by atoms with E-state index < -0.39 is 16.9 Å². The van der Waals surface area contributed by atoms with E-state index in [1.54, 1.807) is 0 Å². The number of carbonyl (C=O) groups is 2. The van der Waals surface area contributed by atoms with Crippen LogP contribution in [0.1, 0.15) is 64.7 Å². The van der Waals surface area contributed by atoms with Crippen molar-refractivity contribution < 1.29 is 14.7 Å². The molecule has 0 radical (unpaired) electrons. The molecule has 0 atom stereocenters. The van der Waals surface area contributed by atoms with Crippen molar-refractivity contribution in [3.05, 3.63) is 0 Å². The standard InChI is InChI=1S/C16H28N2O3/c1-2-6-15(14(20)21)9-11-18(12-10-15)13(19)16(17)7-4-3-5-8-16/h2-12,17H2,1H3,(H,20,21). The Morgan fingerprint density at radius 3 is 2.14 bits per heavy atom. The molecule has 120 valence electrons. The normalized spacial score (nSPS) is 24.6. The summed E-state index contributed by atoms with van der Waals surface area (Å²) in [6.45, 7) is 3.08. The van der Waals surface area contributed by atoms with Crippen molar-refractivity contribution in [2.45, 2.75) is 70.3 Å². The van der Waals surface area contributed by atoms with Crippen molar-refractivity contribution in [2.75, 3.05) is 13.1 Å². The third-order valence-electron chi connectivity index (χ3n) is 5.36. The van der Waals surface area contributed by atoms with Crippen LogP contribution in [0.25, 0.3) is 0 Å². The lowest BCUT2D eigenvalue weighted by molar-refractivity contribution is -0.156. The van der Waals surface area contributed by atoms with Crippen LogP contribution < -0.4 is 5.73 Å². The van der Waals surface area contributed by atoms with Gasteiger partial charge >= 0.3 is 5.97 Å². The molecule has 1 amide bonds. The number of carbonyl (C=O) groups excluding carboxylic acids is 1. The maximum Gasteiger partial charge on any atom is 0.309 e. The molecule has 21 heavy (non-hydrogen) atoms. The van der Waals surface area contributed by atoms with E-state index in [2.05, 4.69) is 0 Å². The predicted octanol–water partition coefficient (Wildman–Crippen LogP) is 2.14. The number of carboxylic acid groups (broad SMARTS) is 1. The van der Waals surface area contributed by atoms with Gasteiger partial charge < -0.3 is 15.7 Å². The second-order valence-electron chi connectivity index (χ2n) is 6.84. The van der Waals surface area contributed by atoms with Crippen molar-refractivity contribution >= 4 is 11.9 Å². The predicted molar refractivity (Wildman–Crippen MR) is 80.8 cm³/mol. The molecule has 0 aromatic carbocycles. The van der Waals surface area contributed by atoms with Gasteiger partial charge in [0, 0.05) is 13.1 Å². The molecule has 1 heterocycles. The molecule has 1 saturated carbocycles. The summed E-state index contributed by atoms with van der Waals surface area (Å²) in [6, 6.07) is 0. The Hall–Kier alpha value is -1.10. The fraction of sp³-hybridized carbons (Fsp3) is 0.875. The van der Waals surface area contributed by atoms with E-state index in [-0.39, 0.29) is 5.91 Å². The summed E-state index contributed by atoms with van der Waals surface area (Å²) in [4.78, 5) is 26.1. The first-order valence-corrected chi connectivity index (χ1v) is 8.25. The van der Waals surface area contributed by atoms with Crippen LogP contribution in [0.15, 0.2) is 0 Å². The van der Waals surface area contributed by atoms with Crippen LogP contribution in [-0.4, -0.2) is 40.5 Å². The molecule has 2 aliphatic rings. The summed E-state index contributed by atoms with van der Waals surface area (Å²) in [5, 5.41) is 9.52. The van der Waals surface area contributed by atoms with E-state index in [4.69, 9.17) is 5.73 Å². The number of carboxylic acids is 1. The summed E-state index contributed by atoms with van der Waals surface area (Å²) in [6.07, 6.45) is 7.39. The number of rotatable bonds is 4. The molecule has 0 bridgehead atoms. The van der Waals surface area contributed by atoms with Gasteiger partial charge in [0.1, 0.15) is 0 Å². The molecule has 1 aliphatic heterocycles. The Morgan fingerprint density at radius 1 is 1.10 bits per heavy atom. The molecule has 0 spiro atoms. The molecule has 0 unspecified atom stereocenters. The molecular formula is C16H28N2O3. The lowest BCUT2D eigenvalue weighted by Gasteiger charge is -2.43. The fourth-order valence-electron chi connectivity index (χ4n) is 3.90. The van der Waals surface area contributed by atoms with E-state index >= 15 is 0 Å². The molecule has 1 aliphatic carbocycles. The first-order valence-electron chi connectivity index (χ1n) is 8.25. The first-order chi connectivity index (χ1) is 9.93. The van der Waals surface area contributed by atoms with Gasteiger partial charge in [0.2, 0.25) is 5.91 Å². The molecule has 0 aromatic heterocycles. The van der Waals surface area contributed by atoms with Gasteiger partial charge in [-0.1, -0.05) is 32.6 Å². The maximum absolute atomic E-state index is 12.7. The number of piperidine rings is 1. The highest BCUT2D eigenvalue weighted by molar-refractivity contribution is 5.86. The topological polar surface area (TPSA) is 83.6 Å². The lowest BCUT2D eigenvalue weighted by Crippen LogP contribution is -2.59. The molecule has 1 saturated heterocycles. The molecule has 3 N–H and O–H groups in total. The summed E-state index contributed by atoms with van der Waals surface area (Å²) >= 11 is 0. The summed E-state index contributed by atoms with van der Waals surface area (Å²) in [7, 11) is 0. The third kappa shape index (κ3) is 3.23. The van der Waals surface area contributed by atoms with Crippen LogP contribution in [0.4, 0.5) is 0 Å². The van der Waals surface area contributed by atoms with Crippen molar-refractivity contribution in [2.24, 2.45) is 11.1 Å². The second-order valence-corrected chi connectivity index (χ2v) is 6.84. The highest BCUT2D eigenvalue weighted by atomic mass is 16.4. The monoisotopic (exact) mass is 296 g/mol. The van der Waals surface area contributed by atoms with Crippen LogP contribution >= 0.6 is 0 Å². The smallest absolute Gasteiger partial charge is 0.309 e. The number of aliphatic carboxylic acids is 1. The summed E-state index contributed by atoms with van der Waals surface area (Å²) in [5.74, 6) is -0.672. The number of amides is 1. The van der Waals surface area contributed by atoms with Crippen LogP contribution in [0.2, 0.25) is 0 Å². The second kappa shape index (κ2) is 6.34. The zero-order chi connectivity index (χ0) is 15.5. The number of hydrogen-bond donors (Lipinski definition) is 2. The minimum Gasteiger partial charge on any atom is -0.481 e. The minimum atomic E-state index is -0.712. The molecule has 2 fully saturated rings. The Balaban J connectivity index is 1.99. The van der Waals surface area contributed by atoms with Crippen molar-refractivity contribution in [3.63, 3.8) is 0 Å². The van der Waals surface area contributed by atoms with E-state index in [0.29, 0.717) is 32.4 Å². The Labute approximate surface area is 126 Å². The van der Waals surface area contributed by atoms with E-state index in [1.807, 2.05) is 11.8 Å². The van der Waals surface area contributed by atoms with E-state index in [9.17, 15) is 14.7 Å². The zero-order valence-electron chi connectivity index (χ0n) is 13.1. The van der Waals surface area contributed by atoms with Gasteiger partial charge in [0.25, 0.3) is 0 Å².